The van der Waals surface area contributed by atoms with E-state index in [9.17, 15) is 9.90 Å². The quantitative estimate of drug-likeness (QED) is 0.563. The molecule has 0 spiro atoms. The summed E-state index contributed by atoms with van der Waals surface area (Å²) in [7, 11) is 1.59. The summed E-state index contributed by atoms with van der Waals surface area (Å²) in [5.74, 6) is 0.871. The molecule has 7 heteroatoms. The van der Waals surface area contributed by atoms with E-state index in [1.165, 1.54) is 17.2 Å². The van der Waals surface area contributed by atoms with E-state index >= 15 is 0 Å². The number of rotatable bonds is 3. The molecule has 0 atom stereocenters. The zero-order chi connectivity index (χ0) is 17.4. The normalized spacial score (nSPS) is 11.6. The Morgan fingerprint density at radius 1 is 1.24 bits per heavy atom. The zero-order valence-electron chi connectivity index (χ0n) is 13.3. The lowest BCUT2D eigenvalue weighted by Crippen LogP contribution is -2.17. The Bertz CT molecular complexity index is 1160. The highest BCUT2D eigenvalue weighted by Crippen LogP contribution is 2.25. The van der Waals surface area contributed by atoms with Crippen molar-refractivity contribution in [3.05, 3.63) is 64.7 Å². The molecule has 0 saturated heterocycles. The third kappa shape index (κ3) is 2.61. The van der Waals surface area contributed by atoms with Crippen LogP contribution >= 0.6 is 0 Å². The molecule has 25 heavy (non-hydrogen) atoms. The zero-order valence-corrected chi connectivity index (χ0v) is 13.3. The van der Waals surface area contributed by atoms with Gasteiger partial charge in [0.25, 0.3) is 5.56 Å². The van der Waals surface area contributed by atoms with Gasteiger partial charge >= 0.3 is 0 Å². The SMILES string of the molecule is COc1ccc2[nH]c3c(=O)n(N=Cc4ccc(O)cc4)cnc3c2c1. The molecule has 124 valence electrons. The molecule has 4 rings (SSSR count). The third-order valence-electron chi connectivity index (χ3n) is 3.92. The largest absolute Gasteiger partial charge is 0.508 e. The monoisotopic (exact) mass is 334 g/mol. The minimum Gasteiger partial charge on any atom is -0.508 e. The second-order valence-corrected chi connectivity index (χ2v) is 5.49. The summed E-state index contributed by atoms with van der Waals surface area (Å²) in [5.41, 5.74) is 2.23. The number of benzene rings is 2. The average Bonchev–Trinajstić information content (AvgIpc) is 3.01. The van der Waals surface area contributed by atoms with Crippen molar-refractivity contribution >= 4 is 28.2 Å². The van der Waals surface area contributed by atoms with E-state index in [0.29, 0.717) is 16.8 Å². The second kappa shape index (κ2) is 5.79. The molecule has 0 aliphatic rings. The van der Waals surface area contributed by atoms with E-state index in [4.69, 9.17) is 4.74 Å². The number of aromatic amines is 1. The van der Waals surface area contributed by atoms with Gasteiger partial charge in [0.1, 0.15) is 28.9 Å². The van der Waals surface area contributed by atoms with E-state index in [-0.39, 0.29) is 11.3 Å². The van der Waals surface area contributed by atoms with Crippen LogP contribution < -0.4 is 10.3 Å². The molecule has 7 nitrogen and oxygen atoms in total. The molecular weight excluding hydrogens is 320 g/mol. The number of ether oxygens (including phenoxy) is 1. The van der Waals surface area contributed by atoms with Crippen LogP contribution in [0.15, 0.2) is 58.7 Å². The lowest BCUT2D eigenvalue weighted by Gasteiger charge is -1.99. The standard InChI is InChI=1S/C18H14N4O3/c1-25-13-6-7-15-14(8-13)16-17(21-15)18(24)22(10-19-16)20-9-11-2-4-12(23)5-3-11/h2-10,21,23H,1H3. The summed E-state index contributed by atoms with van der Waals surface area (Å²) >= 11 is 0. The summed E-state index contributed by atoms with van der Waals surface area (Å²) < 4.78 is 6.39. The fourth-order valence-electron chi connectivity index (χ4n) is 2.62. The van der Waals surface area contributed by atoms with Crippen molar-refractivity contribution in [2.24, 2.45) is 5.10 Å². The topological polar surface area (TPSA) is 92.5 Å². The summed E-state index contributed by atoms with van der Waals surface area (Å²) in [5, 5.41) is 14.3. The predicted octanol–water partition coefficient (Wildman–Crippen LogP) is 2.47. The fraction of sp³-hybridized carbons (Fsp3) is 0.0556. The maximum absolute atomic E-state index is 12.6. The van der Waals surface area contributed by atoms with E-state index in [1.54, 1.807) is 31.4 Å². The number of aromatic nitrogens is 3. The van der Waals surface area contributed by atoms with Crippen LogP contribution in [0.4, 0.5) is 0 Å². The maximum atomic E-state index is 12.6. The van der Waals surface area contributed by atoms with Crippen LogP contribution in [0, 0.1) is 0 Å². The van der Waals surface area contributed by atoms with Gasteiger partial charge in [-0.3, -0.25) is 4.79 Å². The molecule has 0 fully saturated rings. The van der Waals surface area contributed by atoms with Crippen molar-refractivity contribution in [3.63, 3.8) is 0 Å². The first-order chi connectivity index (χ1) is 12.2. The number of H-pyrrole nitrogens is 1. The first-order valence-corrected chi connectivity index (χ1v) is 7.56. The molecule has 0 bridgehead atoms. The van der Waals surface area contributed by atoms with Gasteiger partial charge in [0.15, 0.2) is 0 Å². The highest BCUT2D eigenvalue weighted by molar-refractivity contribution is 6.04. The second-order valence-electron chi connectivity index (χ2n) is 5.49. The van der Waals surface area contributed by atoms with Crippen molar-refractivity contribution in [1.82, 2.24) is 14.6 Å². The number of methoxy groups -OCH3 is 1. The van der Waals surface area contributed by atoms with Gasteiger partial charge in [0.05, 0.1) is 13.3 Å². The van der Waals surface area contributed by atoms with E-state index in [0.717, 1.165) is 16.5 Å². The number of hydrogen-bond donors (Lipinski definition) is 2. The van der Waals surface area contributed by atoms with Gasteiger partial charge in [0, 0.05) is 10.9 Å². The molecule has 2 heterocycles. The molecule has 2 aromatic heterocycles. The van der Waals surface area contributed by atoms with Crippen molar-refractivity contribution in [3.8, 4) is 11.5 Å². The number of phenols is 1. The molecule has 2 N–H and O–H groups in total. The smallest absolute Gasteiger partial charge is 0.298 e. The van der Waals surface area contributed by atoms with Gasteiger partial charge in [-0.15, -0.1) is 0 Å². The van der Waals surface area contributed by atoms with Gasteiger partial charge in [-0.05, 0) is 48.0 Å². The van der Waals surface area contributed by atoms with Crippen LogP contribution in [-0.2, 0) is 0 Å². The molecule has 2 aromatic carbocycles. The molecular formula is C18H14N4O3. The molecule has 0 amide bonds. The number of phenolic OH excluding ortho intramolecular Hbond substituents is 1. The maximum Gasteiger partial charge on any atom is 0.298 e. The van der Waals surface area contributed by atoms with Crippen molar-refractivity contribution in [2.45, 2.75) is 0 Å². The lowest BCUT2D eigenvalue weighted by molar-refractivity contribution is 0.415. The van der Waals surface area contributed by atoms with Crippen molar-refractivity contribution in [2.75, 3.05) is 7.11 Å². The highest BCUT2D eigenvalue weighted by atomic mass is 16.5. The Balaban J connectivity index is 1.81. The highest BCUT2D eigenvalue weighted by Gasteiger charge is 2.11. The van der Waals surface area contributed by atoms with E-state index in [1.807, 2.05) is 18.2 Å². The summed E-state index contributed by atoms with van der Waals surface area (Å²) in [6, 6.07) is 12.0. The van der Waals surface area contributed by atoms with Gasteiger partial charge in [0.2, 0.25) is 0 Å². The summed E-state index contributed by atoms with van der Waals surface area (Å²) in [6.45, 7) is 0. The average molecular weight is 334 g/mol. The Morgan fingerprint density at radius 2 is 2.04 bits per heavy atom. The van der Waals surface area contributed by atoms with Crippen LogP contribution in [-0.4, -0.2) is 33.1 Å². The molecule has 0 radical (unpaired) electrons. The molecule has 0 aliphatic carbocycles. The first kappa shape index (κ1) is 14.9. The molecule has 4 aromatic rings. The summed E-state index contributed by atoms with van der Waals surface area (Å²) in [6.07, 6.45) is 2.91. The van der Waals surface area contributed by atoms with Crippen LogP contribution in [0.25, 0.3) is 21.9 Å². The molecule has 0 saturated carbocycles. The van der Waals surface area contributed by atoms with Crippen LogP contribution in [0.1, 0.15) is 5.56 Å². The molecule has 0 unspecified atom stereocenters. The molecule has 0 aliphatic heterocycles. The number of hydrogen-bond acceptors (Lipinski definition) is 5. The Morgan fingerprint density at radius 3 is 2.80 bits per heavy atom. The van der Waals surface area contributed by atoms with Gasteiger partial charge in [-0.1, -0.05) is 0 Å². The third-order valence-corrected chi connectivity index (χ3v) is 3.92. The van der Waals surface area contributed by atoms with E-state index in [2.05, 4.69) is 15.1 Å². The Hall–Kier alpha value is -3.61. The number of aromatic hydroxyl groups is 1. The Kier molecular flexibility index (Phi) is 3.46. The number of nitrogens with one attached hydrogen (secondary N) is 1. The fourth-order valence-corrected chi connectivity index (χ4v) is 2.62. The van der Waals surface area contributed by atoms with Crippen molar-refractivity contribution < 1.29 is 9.84 Å². The number of nitrogens with zero attached hydrogens (tertiary/aromatic N) is 3. The summed E-state index contributed by atoms with van der Waals surface area (Å²) in [4.78, 5) is 20.1. The lowest BCUT2D eigenvalue weighted by atomic mass is 10.2. The Labute approximate surface area is 141 Å². The number of fused-ring (bicyclic) bond motifs is 3. The van der Waals surface area contributed by atoms with Gasteiger partial charge in [-0.2, -0.15) is 9.78 Å². The van der Waals surface area contributed by atoms with Crippen LogP contribution in [0.3, 0.4) is 0 Å². The van der Waals surface area contributed by atoms with Gasteiger partial charge < -0.3 is 14.8 Å². The van der Waals surface area contributed by atoms with E-state index < -0.39 is 0 Å². The van der Waals surface area contributed by atoms with Crippen LogP contribution in [0.2, 0.25) is 0 Å². The minimum absolute atomic E-state index is 0.172. The van der Waals surface area contributed by atoms with Crippen molar-refractivity contribution in [1.29, 1.82) is 0 Å². The first-order valence-electron chi connectivity index (χ1n) is 7.56. The van der Waals surface area contributed by atoms with Crippen LogP contribution in [0.5, 0.6) is 11.5 Å². The predicted molar refractivity (Wildman–Crippen MR) is 95.5 cm³/mol. The van der Waals surface area contributed by atoms with Gasteiger partial charge in [-0.25, -0.2) is 4.98 Å². The minimum atomic E-state index is -0.296.